The minimum absolute atomic E-state index is 0.00118. The summed E-state index contributed by atoms with van der Waals surface area (Å²) in [4.78, 5) is 7.64. The standard InChI is InChI=1S/C14H16FN3O/c1-19-12-3-2-9(15)6-10(12)11-7-17-13(18-11)14(8-16)4-5-14/h2-3,6-7H,4-5,8,16H2,1H3,(H,17,18). The molecule has 0 unspecified atom stereocenters. The summed E-state index contributed by atoms with van der Waals surface area (Å²) < 4.78 is 18.6. The SMILES string of the molecule is COc1ccc(F)cc1-c1cnc(C2(CN)CC2)[nH]1. The molecule has 0 atom stereocenters. The molecule has 1 saturated carbocycles. The number of aromatic nitrogens is 2. The van der Waals surface area contributed by atoms with Gasteiger partial charge in [-0.05, 0) is 31.0 Å². The van der Waals surface area contributed by atoms with Crippen molar-refractivity contribution in [3.63, 3.8) is 0 Å². The number of nitrogens with two attached hydrogens (primary N) is 1. The second-order valence-electron chi connectivity index (χ2n) is 4.97. The van der Waals surface area contributed by atoms with E-state index in [1.54, 1.807) is 19.4 Å². The van der Waals surface area contributed by atoms with Gasteiger partial charge in [0.25, 0.3) is 0 Å². The molecule has 1 heterocycles. The van der Waals surface area contributed by atoms with Gasteiger partial charge < -0.3 is 15.5 Å². The number of benzene rings is 1. The third-order valence-corrected chi connectivity index (χ3v) is 3.77. The first-order valence-electron chi connectivity index (χ1n) is 6.28. The zero-order valence-corrected chi connectivity index (χ0v) is 10.7. The Kier molecular flexibility index (Phi) is 2.78. The quantitative estimate of drug-likeness (QED) is 0.887. The Morgan fingerprint density at radius 3 is 2.89 bits per heavy atom. The minimum Gasteiger partial charge on any atom is -0.496 e. The van der Waals surface area contributed by atoms with Gasteiger partial charge in [0, 0.05) is 17.5 Å². The van der Waals surface area contributed by atoms with Crippen LogP contribution in [0.25, 0.3) is 11.3 Å². The first kappa shape index (κ1) is 12.2. The molecule has 1 aliphatic rings. The molecule has 3 N–H and O–H groups in total. The Morgan fingerprint density at radius 2 is 2.26 bits per heavy atom. The molecule has 1 aromatic carbocycles. The van der Waals surface area contributed by atoms with Crippen LogP contribution < -0.4 is 10.5 Å². The number of nitrogens with zero attached hydrogens (tertiary/aromatic N) is 1. The molecule has 0 spiro atoms. The maximum atomic E-state index is 13.4. The zero-order valence-electron chi connectivity index (χ0n) is 10.7. The van der Waals surface area contributed by atoms with E-state index in [9.17, 15) is 4.39 Å². The van der Waals surface area contributed by atoms with E-state index in [0.717, 1.165) is 24.4 Å². The van der Waals surface area contributed by atoms with Crippen molar-refractivity contribution in [2.45, 2.75) is 18.3 Å². The largest absolute Gasteiger partial charge is 0.496 e. The van der Waals surface area contributed by atoms with Crippen LogP contribution in [0.1, 0.15) is 18.7 Å². The molecule has 0 saturated heterocycles. The number of hydrogen-bond donors (Lipinski definition) is 2. The summed E-state index contributed by atoms with van der Waals surface area (Å²) in [6.07, 6.45) is 3.82. The lowest BCUT2D eigenvalue weighted by Crippen LogP contribution is -2.21. The molecule has 0 radical (unpaired) electrons. The van der Waals surface area contributed by atoms with E-state index < -0.39 is 0 Å². The van der Waals surface area contributed by atoms with Crippen molar-refractivity contribution >= 4 is 0 Å². The molecule has 0 bridgehead atoms. The highest BCUT2D eigenvalue weighted by Crippen LogP contribution is 2.46. The number of halogens is 1. The molecule has 19 heavy (non-hydrogen) atoms. The molecule has 2 aromatic rings. The lowest BCUT2D eigenvalue weighted by atomic mass is 10.1. The van der Waals surface area contributed by atoms with Crippen LogP contribution in [0.5, 0.6) is 5.75 Å². The third kappa shape index (κ3) is 2.00. The Hall–Kier alpha value is -1.88. The van der Waals surface area contributed by atoms with Crippen molar-refractivity contribution < 1.29 is 9.13 Å². The van der Waals surface area contributed by atoms with E-state index in [2.05, 4.69) is 9.97 Å². The molecule has 4 nitrogen and oxygen atoms in total. The van der Waals surface area contributed by atoms with E-state index in [4.69, 9.17) is 10.5 Å². The summed E-state index contributed by atoms with van der Waals surface area (Å²) in [5.41, 5.74) is 7.21. The molecule has 5 heteroatoms. The van der Waals surface area contributed by atoms with Crippen molar-refractivity contribution in [1.82, 2.24) is 9.97 Å². The number of hydrogen-bond acceptors (Lipinski definition) is 3. The van der Waals surface area contributed by atoms with E-state index in [1.165, 1.54) is 12.1 Å². The highest BCUT2D eigenvalue weighted by molar-refractivity contribution is 5.67. The molecule has 3 rings (SSSR count). The van der Waals surface area contributed by atoms with Gasteiger partial charge in [-0.1, -0.05) is 0 Å². The van der Waals surface area contributed by atoms with Crippen molar-refractivity contribution in [3.05, 3.63) is 36.0 Å². The summed E-state index contributed by atoms with van der Waals surface area (Å²) in [5.74, 6) is 1.21. The zero-order chi connectivity index (χ0) is 13.5. The molecular weight excluding hydrogens is 245 g/mol. The van der Waals surface area contributed by atoms with Crippen LogP contribution in [0.15, 0.2) is 24.4 Å². The summed E-state index contributed by atoms with van der Waals surface area (Å²) >= 11 is 0. The van der Waals surface area contributed by atoms with Gasteiger partial charge in [-0.2, -0.15) is 0 Å². The third-order valence-electron chi connectivity index (χ3n) is 3.77. The topological polar surface area (TPSA) is 63.9 Å². The lowest BCUT2D eigenvalue weighted by Gasteiger charge is -2.09. The van der Waals surface area contributed by atoms with Crippen LogP contribution in [0.4, 0.5) is 4.39 Å². The van der Waals surface area contributed by atoms with Gasteiger partial charge >= 0.3 is 0 Å². The van der Waals surface area contributed by atoms with Crippen molar-refractivity contribution in [3.8, 4) is 17.0 Å². The number of rotatable bonds is 4. The monoisotopic (exact) mass is 261 g/mol. The summed E-state index contributed by atoms with van der Waals surface area (Å²) in [6.45, 7) is 0.584. The predicted octanol–water partition coefficient (Wildman–Crippen LogP) is 2.21. The highest BCUT2D eigenvalue weighted by Gasteiger charge is 2.45. The highest BCUT2D eigenvalue weighted by atomic mass is 19.1. The first-order chi connectivity index (χ1) is 9.18. The van der Waals surface area contributed by atoms with E-state index >= 15 is 0 Å². The van der Waals surface area contributed by atoms with Crippen LogP contribution >= 0.6 is 0 Å². The van der Waals surface area contributed by atoms with Crippen LogP contribution in [0, 0.1) is 5.82 Å². The Balaban J connectivity index is 2.01. The lowest BCUT2D eigenvalue weighted by molar-refractivity contribution is 0.415. The van der Waals surface area contributed by atoms with Crippen molar-refractivity contribution in [2.75, 3.05) is 13.7 Å². The van der Waals surface area contributed by atoms with Gasteiger partial charge in [0.05, 0.1) is 19.0 Å². The number of aromatic amines is 1. The van der Waals surface area contributed by atoms with Gasteiger partial charge in [-0.3, -0.25) is 0 Å². The second kappa shape index (κ2) is 4.35. The van der Waals surface area contributed by atoms with Gasteiger partial charge in [0.1, 0.15) is 17.4 Å². The fraction of sp³-hybridized carbons (Fsp3) is 0.357. The van der Waals surface area contributed by atoms with Gasteiger partial charge in [-0.25, -0.2) is 9.37 Å². The molecule has 0 aliphatic heterocycles. The number of H-pyrrole nitrogens is 1. The maximum Gasteiger partial charge on any atom is 0.128 e. The molecule has 100 valence electrons. The number of ether oxygens (including phenoxy) is 1. The minimum atomic E-state index is -0.299. The average molecular weight is 261 g/mol. The Bertz CT molecular complexity index is 604. The molecular formula is C14H16FN3O. The smallest absolute Gasteiger partial charge is 0.128 e. The molecule has 0 amide bonds. The van der Waals surface area contributed by atoms with Gasteiger partial charge in [0.15, 0.2) is 0 Å². The van der Waals surface area contributed by atoms with Crippen LogP contribution in [-0.2, 0) is 5.41 Å². The molecule has 1 aromatic heterocycles. The van der Waals surface area contributed by atoms with E-state index in [0.29, 0.717) is 17.9 Å². The van der Waals surface area contributed by atoms with E-state index in [-0.39, 0.29) is 11.2 Å². The number of methoxy groups -OCH3 is 1. The second-order valence-corrected chi connectivity index (χ2v) is 4.97. The normalized spacial score (nSPS) is 16.4. The first-order valence-corrected chi connectivity index (χ1v) is 6.28. The van der Waals surface area contributed by atoms with Crippen LogP contribution in [0.3, 0.4) is 0 Å². The van der Waals surface area contributed by atoms with Crippen molar-refractivity contribution in [2.24, 2.45) is 5.73 Å². The number of imidazole rings is 1. The summed E-state index contributed by atoms with van der Waals surface area (Å²) in [7, 11) is 1.57. The summed E-state index contributed by atoms with van der Waals surface area (Å²) in [5, 5.41) is 0. The Morgan fingerprint density at radius 1 is 1.47 bits per heavy atom. The van der Waals surface area contributed by atoms with Crippen LogP contribution in [-0.4, -0.2) is 23.6 Å². The Labute approximate surface area is 110 Å². The van der Waals surface area contributed by atoms with Crippen molar-refractivity contribution in [1.29, 1.82) is 0 Å². The summed E-state index contributed by atoms with van der Waals surface area (Å²) in [6, 6.07) is 4.43. The molecule has 1 fully saturated rings. The molecule has 1 aliphatic carbocycles. The van der Waals surface area contributed by atoms with Gasteiger partial charge in [0.2, 0.25) is 0 Å². The maximum absolute atomic E-state index is 13.4. The number of nitrogens with one attached hydrogen (secondary N) is 1. The fourth-order valence-corrected chi connectivity index (χ4v) is 2.31. The predicted molar refractivity (Wildman–Crippen MR) is 70.5 cm³/mol. The fourth-order valence-electron chi connectivity index (χ4n) is 2.31. The van der Waals surface area contributed by atoms with E-state index in [1.807, 2.05) is 0 Å². The van der Waals surface area contributed by atoms with Crippen LogP contribution in [0.2, 0.25) is 0 Å². The van der Waals surface area contributed by atoms with Gasteiger partial charge in [-0.15, -0.1) is 0 Å². The average Bonchev–Trinajstić information content (AvgIpc) is 3.08.